The van der Waals surface area contributed by atoms with E-state index < -0.39 is 0 Å². The number of carbonyl (C=O) groups is 1. The van der Waals surface area contributed by atoms with Crippen molar-refractivity contribution in [1.82, 2.24) is 4.90 Å². The van der Waals surface area contributed by atoms with E-state index in [4.69, 9.17) is 0 Å². The third-order valence-electron chi connectivity index (χ3n) is 4.48. The summed E-state index contributed by atoms with van der Waals surface area (Å²) in [5, 5.41) is 0. The Balaban J connectivity index is 1.68. The molecule has 1 heterocycles. The lowest BCUT2D eigenvalue weighted by Gasteiger charge is -2.32. The quantitative estimate of drug-likeness (QED) is 0.815. The third kappa shape index (κ3) is 3.03. The smallest absolute Gasteiger partial charge is 0.254 e. The molecule has 2 nitrogen and oxygen atoms in total. The second-order valence-electron chi connectivity index (χ2n) is 5.94. The van der Waals surface area contributed by atoms with Gasteiger partial charge in [-0.15, -0.1) is 0 Å². The summed E-state index contributed by atoms with van der Waals surface area (Å²) in [4.78, 5) is 14.4. The van der Waals surface area contributed by atoms with Crippen LogP contribution in [0.15, 0.2) is 48.5 Å². The van der Waals surface area contributed by atoms with Crippen molar-refractivity contribution in [2.75, 3.05) is 13.1 Å². The normalized spacial score (nSPS) is 15.8. The molecule has 1 saturated heterocycles. The van der Waals surface area contributed by atoms with Crippen molar-refractivity contribution in [2.45, 2.75) is 25.7 Å². The van der Waals surface area contributed by atoms with Crippen LogP contribution in [0.4, 0.5) is 4.39 Å². The first kappa shape index (κ1) is 14.8. The van der Waals surface area contributed by atoms with Crippen LogP contribution in [0.25, 0.3) is 0 Å². The Bertz CT molecular complexity index is 660. The summed E-state index contributed by atoms with van der Waals surface area (Å²) in [6.45, 7) is 3.31. The average Bonchev–Trinajstić information content (AvgIpc) is 2.57. The zero-order chi connectivity index (χ0) is 15.5. The lowest BCUT2D eigenvalue weighted by atomic mass is 9.89. The second kappa shape index (κ2) is 6.30. The SMILES string of the molecule is Cc1ccc(F)cc1C(=O)N1CCC(c2ccccc2)CC1. The predicted octanol–water partition coefficient (Wildman–Crippen LogP) is 4.15. The van der Waals surface area contributed by atoms with Crippen LogP contribution in [-0.4, -0.2) is 23.9 Å². The summed E-state index contributed by atoms with van der Waals surface area (Å²) in [7, 11) is 0. The molecule has 3 heteroatoms. The predicted molar refractivity (Wildman–Crippen MR) is 85.5 cm³/mol. The molecular formula is C19H20FNO. The number of likely N-dealkylation sites (tertiary alicyclic amines) is 1. The minimum atomic E-state index is -0.354. The van der Waals surface area contributed by atoms with E-state index in [2.05, 4.69) is 24.3 Å². The fraction of sp³-hybridized carbons (Fsp3) is 0.316. The molecule has 1 aliphatic rings. The van der Waals surface area contributed by atoms with Gasteiger partial charge in [0.05, 0.1) is 0 Å². The molecule has 0 unspecified atom stereocenters. The van der Waals surface area contributed by atoms with Crippen molar-refractivity contribution in [3.8, 4) is 0 Å². The van der Waals surface area contributed by atoms with E-state index in [1.54, 1.807) is 6.07 Å². The minimum absolute atomic E-state index is 0.0523. The van der Waals surface area contributed by atoms with E-state index in [0.717, 1.165) is 31.5 Å². The molecule has 1 amide bonds. The van der Waals surface area contributed by atoms with Gasteiger partial charge >= 0.3 is 0 Å². The van der Waals surface area contributed by atoms with Gasteiger partial charge in [0.15, 0.2) is 0 Å². The fourth-order valence-corrected chi connectivity index (χ4v) is 3.14. The first-order chi connectivity index (χ1) is 10.6. The lowest BCUT2D eigenvalue weighted by Crippen LogP contribution is -2.38. The van der Waals surface area contributed by atoms with Crippen molar-refractivity contribution in [3.05, 3.63) is 71.0 Å². The zero-order valence-corrected chi connectivity index (χ0v) is 12.8. The number of carbonyl (C=O) groups excluding carboxylic acids is 1. The van der Waals surface area contributed by atoms with Crippen molar-refractivity contribution in [3.63, 3.8) is 0 Å². The summed E-state index contributed by atoms with van der Waals surface area (Å²) in [6.07, 6.45) is 1.92. The van der Waals surface area contributed by atoms with Gasteiger partial charge in [-0.1, -0.05) is 36.4 Å². The second-order valence-corrected chi connectivity index (χ2v) is 5.94. The van der Waals surface area contributed by atoms with Crippen LogP contribution in [0, 0.1) is 12.7 Å². The molecule has 3 rings (SSSR count). The van der Waals surface area contributed by atoms with Gasteiger partial charge in [-0.3, -0.25) is 4.79 Å². The highest BCUT2D eigenvalue weighted by molar-refractivity contribution is 5.95. The lowest BCUT2D eigenvalue weighted by molar-refractivity contribution is 0.0711. The van der Waals surface area contributed by atoms with Gasteiger partial charge in [-0.25, -0.2) is 4.39 Å². The highest BCUT2D eigenvalue weighted by Gasteiger charge is 2.25. The highest BCUT2D eigenvalue weighted by atomic mass is 19.1. The molecule has 0 spiro atoms. The van der Waals surface area contributed by atoms with Crippen LogP contribution in [0.1, 0.15) is 40.2 Å². The number of amides is 1. The molecule has 2 aromatic carbocycles. The van der Waals surface area contributed by atoms with Gasteiger partial charge in [0.1, 0.15) is 5.82 Å². The number of piperidine rings is 1. The number of hydrogen-bond donors (Lipinski definition) is 0. The topological polar surface area (TPSA) is 20.3 Å². The number of rotatable bonds is 2. The first-order valence-corrected chi connectivity index (χ1v) is 7.75. The Kier molecular flexibility index (Phi) is 4.23. The van der Waals surface area contributed by atoms with Crippen LogP contribution in [-0.2, 0) is 0 Å². The largest absolute Gasteiger partial charge is 0.339 e. The molecule has 0 aromatic heterocycles. The molecule has 0 N–H and O–H groups in total. The standard InChI is InChI=1S/C19H20FNO/c1-14-7-8-17(20)13-18(14)19(22)21-11-9-16(10-12-21)15-5-3-2-4-6-15/h2-8,13,16H,9-12H2,1H3. The maximum atomic E-state index is 13.4. The van der Waals surface area contributed by atoms with Gasteiger partial charge in [0, 0.05) is 18.7 Å². The van der Waals surface area contributed by atoms with Crippen molar-refractivity contribution >= 4 is 5.91 Å². The van der Waals surface area contributed by atoms with E-state index in [0.29, 0.717) is 11.5 Å². The molecule has 0 radical (unpaired) electrons. The van der Waals surface area contributed by atoms with E-state index >= 15 is 0 Å². The van der Waals surface area contributed by atoms with Crippen LogP contribution in [0.3, 0.4) is 0 Å². The minimum Gasteiger partial charge on any atom is -0.339 e. The molecule has 0 bridgehead atoms. The number of benzene rings is 2. The highest BCUT2D eigenvalue weighted by Crippen LogP contribution is 2.28. The molecule has 0 atom stereocenters. The summed E-state index contributed by atoms with van der Waals surface area (Å²) in [6, 6.07) is 14.9. The third-order valence-corrected chi connectivity index (χ3v) is 4.48. The number of hydrogen-bond acceptors (Lipinski definition) is 1. The van der Waals surface area contributed by atoms with Gasteiger partial charge in [-0.05, 0) is 48.9 Å². The van der Waals surface area contributed by atoms with E-state index in [-0.39, 0.29) is 11.7 Å². The van der Waals surface area contributed by atoms with Crippen molar-refractivity contribution < 1.29 is 9.18 Å². The molecule has 1 aliphatic heterocycles. The molecule has 2 aromatic rings. The molecule has 22 heavy (non-hydrogen) atoms. The Labute approximate surface area is 130 Å². The van der Waals surface area contributed by atoms with Crippen LogP contribution in [0.2, 0.25) is 0 Å². The molecular weight excluding hydrogens is 277 g/mol. The van der Waals surface area contributed by atoms with Gasteiger partial charge in [-0.2, -0.15) is 0 Å². The molecule has 0 aliphatic carbocycles. The maximum Gasteiger partial charge on any atom is 0.254 e. The summed E-state index contributed by atoms with van der Waals surface area (Å²) in [5.74, 6) is 0.107. The zero-order valence-electron chi connectivity index (χ0n) is 12.8. The van der Waals surface area contributed by atoms with E-state index in [9.17, 15) is 9.18 Å². The molecule has 0 saturated carbocycles. The van der Waals surface area contributed by atoms with Crippen molar-refractivity contribution in [1.29, 1.82) is 0 Å². The molecule has 114 valence electrons. The number of aryl methyl sites for hydroxylation is 1. The van der Waals surface area contributed by atoms with Crippen molar-refractivity contribution in [2.24, 2.45) is 0 Å². The van der Waals surface area contributed by atoms with Crippen LogP contribution < -0.4 is 0 Å². The van der Waals surface area contributed by atoms with Crippen LogP contribution in [0.5, 0.6) is 0 Å². The van der Waals surface area contributed by atoms with Gasteiger partial charge in [0.2, 0.25) is 0 Å². The summed E-state index contributed by atoms with van der Waals surface area (Å²) < 4.78 is 13.4. The summed E-state index contributed by atoms with van der Waals surface area (Å²) in [5.41, 5.74) is 2.66. The number of nitrogens with zero attached hydrogens (tertiary/aromatic N) is 1. The Morgan fingerprint density at radius 2 is 1.77 bits per heavy atom. The summed E-state index contributed by atoms with van der Waals surface area (Å²) >= 11 is 0. The monoisotopic (exact) mass is 297 g/mol. The van der Waals surface area contributed by atoms with E-state index in [1.807, 2.05) is 17.9 Å². The number of halogens is 1. The average molecular weight is 297 g/mol. The molecule has 1 fully saturated rings. The Hall–Kier alpha value is -2.16. The first-order valence-electron chi connectivity index (χ1n) is 7.75. The van der Waals surface area contributed by atoms with Gasteiger partial charge < -0.3 is 4.90 Å². The fourth-order valence-electron chi connectivity index (χ4n) is 3.14. The van der Waals surface area contributed by atoms with Gasteiger partial charge in [0.25, 0.3) is 5.91 Å². The Morgan fingerprint density at radius 3 is 2.45 bits per heavy atom. The Morgan fingerprint density at radius 1 is 1.09 bits per heavy atom. The van der Waals surface area contributed by atoms with E-state index in [1.165, 1.54) is 17.7 Å². The van der Waals surface area contributed by atoms with Crippen LogP contribution >= 0.6 is 0 Å². The maximum absolute atomic E-state index is 13.4.